The average molecular weight is 224 g/mol. The zero-order valence-electron chi connectivity index (χ0n) is 9.44. The smallest absolute Gasteiger partial charge is 0.123 e. The maximum atomic E-state index is 12.9. The van der Waals surface area contributed by atoms with Gasteiger partial charge in [-0.2, -0.15) is 0 Å². The molecule has 0 aliphatic rings. The molecule has 0 atom stereocenters. The molecule has 2 rings (SSSR count). The summed E-state index contributed by atoms with van der Waals surface area (Å²) in [4.78, 5) is 0. The standard InChI is InChI=1S/C16H13F/c1-2-6-16(13-7-4-3-5-8-13)14-9-11-15(17)12-10-14/h2-12H,1H2/b16-6+. The van der Waals surface area contributed by atoms with Crippen molar-refractivity contribution in [1.29, 1.82) is 0 Å². The molecule has 0 radical (unpaired) electrons. The van der Waals surface area contributed by atoms with Gasteiger partial charge in [0.05, 0.1) is 0 Å². The van der Waals surface area contributed by atoms with Crippen LogP contribution >= 0.6 is 0 Å². The van der Waals surface area contributed by atoms with Gasteiger partial charge in [0, 0.05) is 0 Å². The van der Waals surface area contributed by atoms with E-state index in [2.05, 4.69) is 6.58 Å². The molecule has 0 unspecified atom stereocenters. The molecule has 2 aromatic carbocycles. The molecule has 2 aromatic rings. The monoisotopic (exact) mass is 224 g/mol. The van der Waals surface area contributed by atoms with E-state index in [-0.39, 0.29) is 5.82 Å². The van der Waals surface area contributed by atoms with E-state index in [1.165, 1.54) is 12.1 Å². The Morgan fingerprint density at radius 3 is 2.06 bits per heavy atom. The van der Waals surface area contributed by atoms with Crippen LogP contribution in [0.1, 0.15) is 11.1 Å². The van der Waals surface area contributed by atoms with Crippen LogP contribution in [0.3, 0.4) is 0 Å². The SMILES string of the molecule is C=C/C=C(\c1ccccc1)c1ccc(F)cc1. The molecule has 0 aromatic heterocycles. The van der Waals surface area contributed by atoms with Gasteiger partial charge in [-0.05, 0) is 28.8 Å². The van der Waals surface area contributed by atoms with Crippen molar-refractivity contribution in [2.75, 3.05) is 0 Å². The number of hydrogen-bond acceptors (Lipinski definition) is 0. The topological polar surface area (TPSA) is 0 Å². The van der Waals surface area contributed by atoms with Crippen LogP contribution in [0.5, 0.6) is 0 Å². The average Bonchev–Trinajstić information content (AvgIpc) is 2.38. The van der Waals surface area contributed by atoms with Gasteiger partial charge in [0.2, 0.25) is 0 Å². The van der Waals surface area contributed by atoms with Crippen molar-refractivity contribution in [3.63, 3.8) is 0 Å². The summed E-state index contributed by atoms with van der Waals surface area (Å²) in [5, 5.41) is 0. The van der Waals surface area contributed by atoms with Crippen molar-refractivity contribution < 1.29 is 4.39 Å². The number of allylic oxidation sites excluding steroid dienone is 2. The van der Waals surface area contributed by atoms with Crippen LogP contribution in [-0.4, -0.2) is 0 Å². The summed E-state index contributed by atoms with van der Waals surface area (Å²) in [7, 11) is 0. The highest BCUT2D eigenvalue weighted by Gasteiger charge is 2.03. The van der Waals surface area contributed by atoms with Gasteiger partial charge < -0.3 is 0 Å². The number of hydrogen-bond donors (Lipinski definition) is 0. The van der Waals surface area contributed by atoms with Gasteiger partial charge in [-0.25, -0.2) is 4.39 Å². The molecule has 0 fully saturated rings. The first-order valence-corrected chi connectivity index (χ1v) is 5.45. The second kappa shape index (κ2) is 5.26. The molecule has 0 aliphatic heterocycles. The first kappa shape index (κ1) is 11.3. The first-order chi connectivity index (χ1) is 8.31. The minimum absolute atomic E-state index is 0.222. The van der Waals surface area contributed by atoms with Crippen molar-refractivity contribution in [2.24, 2.45) is 0 Å². The molecule has 17 heavy (non-hydrogen) atoms. The summed E-state index contributed by atoms with van der Waals surface area (Å²) in [5.41, 5.74) is 3.12. The van der Waals surface area contributed by atoms with E-state index >= 15 is 0 Å². The Hall–Kier alpha value is -2.15. The zero-order valence-corrected chi connectivity index (χ0v) is 9.44. The summed E-state index contributed by atoms with van der Waals surface area (Å²) < 4.78 is 12.9. The van der Waals surface area contributed by atoms with E-state index < -0.39 is 0 Å². The Balaban J connectivity index is 2.47. The Bertz CT molecular complexity index is 521. The van der Waals surface area contributed by atoms with E-state index in [1.807, 2.05) is 36.4 Å². The molecular weight excluding hydrogens is 211 g/mol. The molecule has 0 bridgehead atoms. The van der Waals surface area contributed by atoms with Crippen LogP contribution in [-0.2, 0) is 0 Å². The van der Waals surface area contributed by atoms with Crippen LogP contribution in [0.2, 0.25) is 0 Å². The van der Waals surface area contributed by atoms with Gasteiger partial charge in [-0.15, -0.1) is 0 Å². The third kappa shape index (κ3) is 2.70. The van der Waals surface area contributed by atoms with Crippen LogP contribution in [0.25, 0.3) is 5.57 Å². The third-order valence-corrected chi connectivity index (χ3v) is 2.52. The van der Waals surface area contributed by atoms with Gasteiger partial charge in [0.25, 0.3) is 0 Å². The van der Waals surface area contributed by atoms with Crippen molar-refractivity contribution in [1.82, 2.24) is 0 Å². The van der Waals surface area contributed by atoms with Gasteiger partial charge in [-0.1, -0.05) is 61.2 Å². The van der Waals surface area contributed by atoms with E-state index in [0.29, 0.717) is 0 Å². The summed E-state index contributed by atoms with van der Waals surface area (Å²) in [5.74, 6) is -0.222. The maximum absolute atomic E-state index is 12.9. The first-order valence-electron chi connectivity index (χ1n) is 5.45. The van der Waals surface area contributed by atoms with E-state index in [0.717, 1.165) is 16.7 Å². The molecule has 0 N–H and O–H groups in total. The molecule has 0 saturated carbocycles. The minimum atomic E-state index is -0.222. The molecule has 84 valence electrons. The molecule has 0 nitrogen and oxygen atoms in total. The van der Waals surface area contributed by atoms with E-state index in [9.17, 15) is 4.39 Å². The zero-order chi connectivity index (χ0) is 12.1. The fraction of sp³-hybridized carbons (Fsp3) is 0. The molecular formula is C16H13F. The van der Waals surface area contributed by atoms with Crippen LogP contribution in [0.4, 0.5) is 4.39 Å². The lowest BCUT2D eigenvalue weighted by molar-refractivity contribution is 0.627. The normalized spacial score (nSPS) is 11.2. The molecule has 1 heteroatoms. The Labute approximate surface area is 101 Å². The summed E-state index contributed by atoms with van der Waals surface area (Å²) in [6.45, 7) is 3.72. The quantitative estimate of drug-likeness (QED) is 0.676. The molecule has 0 saturated heterocycles. The Kier molecular flexibility index (Phi) is 3.51. The van der Waals surface area contributed by atoms with Crippen LogP contribution in [0.15, 0.2) is 73.3 Å². The van der Waals surface area contributed by atoms with Crippen LogP contribution in [0, 0.1) is 5.82 Å². The van der Waals surface area contributed by atoms with Crippen molar-refractivity contribution in [3.05, 3.63) is 90.3 Å². The predicted molar refractivity (Wildman–Crippen MR) is 70.1 cm³/mol. The highest BCUT2D eigenvalue weighted by atomic mass is 19.1. The van der Waals surface area contributed by atoms with E-state index in [1.54, 1.807) is 18.2 Å². The van der Waals surface area contributed by atoms with E-state index in [4.69, 9.17) is 0 Å². The molecule has 0 amide bonds. The Morgan fingerprint density at radius 1 is 0.882 bits per heavy atom. The lowest BCUT2D eigenvalue weighted by Gasteiger charge is -2.07. The van der Waals surface area contributed by atoms with Crippen molar-refractivity contribution in [3.8, 4) is 0 Å². The summed E-state index contributed by atoms with van der Waals surface area (Å²) in [6, 6.07) is 16.5. The second-order valence-electron chi connectivity index (χ2n) is 3.69. The summed E-state index contributed by atoms with van der Waals surface area (Å²) in [6.07, 6.45) is 3.67. The van der Waals surface area contributed by atoms with Gasteiger partial charge in [0.1, 0.15) is 5.82 Å². The summed E-state index contributed by atoms with van der Waals surface area (Å²) >= 11 is 0. The lowest BCUT2D eigenvalue weighted by Crippen LogP contribution is -1.87. The fourth-order valence-corrected chi connectivity index (χ4v) is 1.72. The molecule has 0 spiro atoms. The van der Waals surface area contributed by atoms with Gasteiger partial charge in [-0.3, -0.25) is 0 Å². The van der Waals surface area contributed by atoms with Crippen LogP contribution < -0.4 is 0 Å². The van der Waals surface area contributed by atoms with Gasteiger partial charge in [0.15, 0.2) is 0 Å². The minimum Gasteiger partial charge on any atom is -0.207 e. The molecule has 0 aliphatic carbocycles. The number of rotatable bonds is 3. The highest BCUT2D eigenvalue weighted by Crippen LogP contribution is 2.23. The lowest BCUT2D eigenvalue weighted by atomic mass is 9.97. The highest BCUT2D eigenvalue weighted by molar-refractivity contribution is 5.80. The largest absolute Gasteiger partial charge is 0.207 e. The third-order valence-electron chi connectivity index (χ3n) is 2.52. The second-order valence-corrected chi connectivity index (χ2v) is 3.69. The predicted octanol–water partition coefficient (Wildman–Crippen LogP) is 4.44. The van der Waals surface area contributed by atoms with Crippen molar-refractivity contribution >= 4 is 5.57 Å². The maximum Gasteiger partial charge on any atom is 0.123 e. The fourth-order valence-electron chi connectivity index (χ4n) is 1.72. The molecule has 0 heterocycles. The number of benzene rings is 2. The van der Waals surface area contributed by atoms with Gasteiger partial charge >= 0.3 is 0 Å². The number of halogens is 1. The Morgan fingerprint density at radius 2 is 1.47 bits per heavy atom. The van der Waals surface area contributed by atoms with Crippen molar-refractivity contribution in [2.45, 2.75) is 0 Å².